The summed E-state index contributed by atoms with van der Waals surface area (Å²) < 4.78 is 2.35. The van der Waals surface area contributed by atoms with Crippen molar-refractivity contribution in [3.8, 4) is 0 Å². The van der Waals surface area contributed by atoms with Crippen LogP contribution in [0.4, 0.5) is 11.4 Å². The van der Waals surface area contributed by atoms with E-state index in [0.29, 0.717) is 5.25 Å². The van der Waals surface area contributed by atoms with Crippen LogP contribution in [-0.4, -0.2) is 5.25 Å². The first kappa shape index (κ1) is 12.4. The monoisotopic (exact) mass is 267 g/mol. The number of hydrogen-bond acceptors (Lipinski definition) is 2. The predicted molar refractivity (Wildman–Crippen MR) is 84.9 cm³/mol. The molecule has 2 heteroatoms. The SMILES string of the molecule is C=CC[C@@H]1Cc2ccccc2N(c2ccccc2)S1. The summed E-state index contributed by atoms with van der Waals surface area (Å²) in [6.45, 7) is 3.88. The van der Waals surface area contributed by atoms with Gasteiger partial charge in [-0.05, 0) is 48.6 Å². The van der Waals surface area contributed by atoms with Crippen molar-refractivity contribution in [2.24, 2.45) is 0 Å². The molecule has 1 atom stereocenters. The molecular formula is C17H17NS. The summed E-state index contributed by atoms with van der Waals surface area (Å²) in [6, 6.07) is 19.3. The molecule has 0 saturated heterocycles. The van der Waals surface area contributed by atoms with Gasteiger partial charge in [-0.3, -0.25) is 4.31 Å². The van der Waals surface area contributed by atoms with E-state index in [2.05, 4.69) is 65.5 Å². The zero-order chi connectivity index (χ0) is 13.1. The summed E-state index contributed by atoms with van der Waals surface area (Å²) in [5.41, 5.74) is 3.99. The number of fused-ring (bicyclic) bond motifs is 1. The molecule has 2 aromatic carbocycles. The fourth-order valence-corrected chi connectivity index (χ4v) is 3.76. The van der Waals surface area contributed by atoms with Crippen LogP contribution >= 0.6 is 11.9 Å². The van der Waals surface area contributed by atoms with E-state index >= 15 is 0 Å². The van der Waals surface area contributed by atoms with Crippen molar-refractivity contribution in [1.29, 1.82) is 0 Å². The van der Waals surface area contributed by atoms with Gasteiger partial charge in [0.15, 0.2) is 0 Å². The predicted octanol–water partition coefficient (Wildman–Crippen LogP) is 4.97. The molecule has 0 radical (unpaired) electrons. The highest BCUT2D eigenvalue weighted by molar-refractivity contribution is 8.01. The van der Waals surface area contributed by atoms with Crippen LogP contribution in [-0.2, 0) is 6.42 Å². The second-order valence-electron chi connectivity index (χ2n) is 4.71. The maximum absolute atomic E-state index is 3.88. The first-order valence-corrected chi connectivity index (χ1v) is 7.43. The maximum Gasteiger partial charge on any atom is 0.0557 e. The lowest BCUT2D eigenvalue weighted by Crippen LogP contribution is -2.23. The van der Waals surface area contributed by atoms with Crippen molar-refractivity contribution >= 4 is 23.3 Å². The Balaban J connectivity index is 2.00. The van der Waals surface area contributed by atoms with Gasteiger partial charge in [0.25, 0.3) is 0 Å². The van der Waals surface area contributed by atoms with Crippen LogP contribution in [0.5, 0.6) is 0 Å². The van der Waals surface area contributed by atoms with E-state index in [1.165, 1.54) is 16.9 Å². The molecule has 1 aliphatic rings. The third-order valence-corrected chi connectivity index (χ3v) is 4.61. The molecule has 1 heterocycles. The Labute approximate surface area is 119 Å². The van der Waals surface area contributed by atoms with Gasteiger partial charge in [-0.15, -0.1) is 6.58 Å². The summed E-state index contributed by atoms with van der Waals surface area (Å²) in [5.74, 6) is 0. The summed E-state index contributed by atoms with van der Waals surface area (Å²) in [7, 11) is 0. The molecule has 3 rings (SSSR count). The average molecular weight is 267 g/mol. The molecule has 0 N–H and O–H groups in total. The molecule has 0 unspecified atom stereocenters. The van der Waals surface area contributed by atoms with Gasteiger partial charge in [-0.25, -0.2) is 0 Å². The fourth-order valence-electron chi connectivity index (χ4n) is 2.45. The second-order valence-corrected chi connectivity index (χ2v) is 5.96. The standard InChI is InChI=1S/C17H17NS/c1-2-8-16-13-14-9-6-7-12-17(14)18(19-16)15-10-4-3-5-11-15/h2-7,9-12,16H,1,8,13H2/t16-/m1/s1. The van der Waals surface area contributed by atoms with Gasteiger partial charge in [-0.1, -0.05) is 42.5 Å². The Morgan fingerprint density at radius 2 is 1.84 bits per heavy atom. The van der Waals surface area contributed by atoms with Crippen molar-refractivity contribution < 1.29 is 0 Å². The van der Waals surface area contributed by atoms with Gasteiger partial charge in [0.2, 0.25) is 0 Å². The summed E-state index contributed by atoms with van der Waals surface area (Å²) in [4.78, 5) is 0. The largest absolute Gasteiger partial charge is 0.284 e. The summed E-state index contributed by atoms with van der Waals surface area (Å²) >= 11 is 1.91. The van der Waals surface area contributed by atoms with E-state index in [9.17, 15) is 0 Å². The topological polar surface area (TPSA) is 3.24 Å². The highest BCUT2D eigenvalue weighted by Crippen LogP contribution is 2.43. The smallest absolute Gasteiger partial charge is 0.0557 e. The molecule has 19 heavy (non-hydrogen) atoms. The summed E-state index contributed by atoms with van der Waals surface area (Å²) in [5, 5.41) is 0.576. The lowest BCUT2D eigenvalue weighted by atomic mass is 10.0. The fraction of sp³-hybridized carbons (Fsp3) is 0.176. The number of para-hydroxylation sites is 2. The highest BCUT2D eigenvalue weighted by atomic mass is 32.2. The van der Waals surface area contributed by atoms with E-state index in [4.69, 9.17) is 0 Å². The van der Waals surface area contributed by atoms with Gasteiger partial charge < -0.3 is 0 Å². The van der Waals surface area contributed by atoms with Crippen molar-refractivity contribution in [3.05, 3.63) is 72.8 Å². The van der Waals surface area contributed by atoms with Crippen molar-refractivity contribution in [3.63, 3.8) is 0 Å². The molecule has 0 amide bonds. The van der Waals surface area contributed by atoms with E-state index in [1.54, 1.807) is 0 Å². The second kappa shape index (κ2) is 5.54. The van der Waals surface area contributed by atoms with Gasteiger partial charge in [0.05, 0.1) is 11.4 Å². The minimum absolute atomic E-state index is 0.576. The first-order valence-electron chi connectivity index (χ1n) is 6.59. The number of allylic oxidation sites excluding steroid dienone is 1. The zero-order valence-corrected chi connectivity index (χ0v) is 11.6. The van der Waals surface area contributed by atoms with Crippen molar-refractivity contribution in [1.82, 2.24) is 0 Å². The van der Waals surface area contributed by atoms with E-state index in [0.717, 1.165) is 12.8 Å². The van der Waals surface area contributed by atoms with Crippen LogP contribution in [0.1, 0.15) is 12.0 Å². The van der Waals surface area contributed by atoms with E-state index in [-0.39, 0.29) is 0 Å². The Kier molecular flexibility index (Phi) is 3.60. The molecule has 0 saturated carbocycles. The molecule has 0 aliphatic carbocycles. The Morgan fingerprint density at radius 3 is 2.63 bits per heavy atom. The van der Waals surface area contributed by atoms with Crippen molar-refractivity contribution in [2.45, 2.75) is 18.1 Å². The molecule has 0 aromatic heterocycles. The highest BCUT2D eigenvalue weighted by Gasteiger charge is 2.25. The van der Waals surface area contributed by atoms with Crippen LogP contribution in [0.2, 0.25) is 0 Å². The quantitative estimate of drug-likeness (QED) is 0.570. The van der Waals surface area contributed by atoms with Crippen LogP contribution in [0, 0.1) is 0 Å². The number of benzene rings is 2. The van der Waals surface area contributed by atoms with Crippen molar-refractivity contribution in [2.75, 3.05) is 4.31 Å². The minimum Gasteiger partial charge on any atom is -0.284 e. The van der Waals surface area contributed by atoms with Crippen LogP contribution < -0.4 is 4.31 Å². The average Bonchev–Trinajstić information content (AvgIpc) is 2.48. The van der Waals surface area contributed by atoms with Gasteiger partial charge in [0.1, 0.15) is 0 Å². The minimum atomic E-state index is 0.576. The molecule has 0 spiro atoms. The molecule has 2 aromatic rings. The van der Waals surface area contributed by atoms with Crippen LogP contribution in [0.25, 0.3) is 0 Å². The molecular weight excluding hydrogens is 250 g/mol. The lowest BCUT2D eigenvalue weighted by molar-refractivity contribution is 0.854. The van der Waals surface area contributed by atoms with E-state index < -0.39 is 0 Å². The number of hydrogen-bond donors (Lipinski definition) is 0. The lowest BCUT2D eigenvalue weighted by Gasteiger charge is -2.34. The molecule has 96 valence electrons. The zero-order valence-electron chi connectivity index (χ0n) is 10.8. The first-order chi connectivity index (χ1) is 9.38. The summed E-state index contributed by atoms with van der Waals surface area (Å²) in [6.07, 6.45) is 4.19. The Bertz CT molecular complexity index is 564. The number of nitrogens with zero attached hydrogens (tertiary/aromatic N) is 1. The Morgan fingerprint density at radius 1 is 1.11 bits per heavy atom. The number of anilines is 2. The Hall–Kier alpha value is -1.67. The van der Waals surface area contributed by atoms with Gasteiger partial charge in [-0.2, -0.15) is 0 Å². The normalized spacial score (nSPS) is 17.9. The third-order valence-electron chi connectivity index (χ3n) is 3.33. The van der Waals surface area contributed by atoms with Gasteiger partial charge >= 0.3 is 0 Å². The maximum atomic E-state index is 3.88. The molecule has 0 fully saturated rings. The van der Waals surface area contributed by atoms with E-state index in [1.807, 2.05) is 18.0 Å². The van der Waals surface area contributed by atoms with Crippen LogP contribution in [0.15, 0.2) is 67.3 Å². The third kappa shape index (κ3) is 2.54. The number of rotatable bonds is 3. The molecule has 1 nitrogen and oxygen atoms in total. The molecule has 1 aliphatic heterocycles. The van der Waals surface area contributed by atoms with Gasteiger partial charge in [0, 0.05) is 5.25 Å². The van der Waals surface area contributed by atoms with Crippen LogP contribution in [0.3, 0.4) is 0 Å². The molecule has 0 bridgehead atoms.